The van der Waals surface area contributed by atoms with Crippen molar-refractivity contribution in [2.75, 3.05) is 13.1 Å². The van der Waals surface area contributed by atoms with Gasteiger partial charge in [-0.1, -0.05) is 13.8 Å². The fourth-order valence-electron chi connectivity index (χ4n) is 3.03. The Morgan fingerprint density at radius 2 is 1.80 bits per heavy atom. The van der Waals surface area contributed by atoms with E-state index in [0.29, 0.717) is 12.0 Å². The number of piperidine rings is 1. The molecule has 1 aliphatic carbocycles. The predicted molar refractivity (Wildman–Crippen MR) is 58.7 cm³/mol. The van der Waals surface area contributed by atoms with E-state index in [0.717, 1.165) is 25.4 Å². The van der Waals surface area contributed by atoms with Crippen molar-refractivity contribution >= 4 is 5.97 Å². The van der Waals surface area contributed by atoms with Gasteiger partial charge in [0.15, 0.2) is 0 Å². The molecule has 0 aromatic rings. The molecule has 2 rings (SSSR count). The molecule has 0 amide bonds. The van der Waals surface area contributed by atoms with Gasteiger partial charge in [-0.2, -0.15) is 0 Å². The minimum atomic E-state index is -0.612. The van der Waals surface area contributed by atoms with Crippen molar-refractivity contribution in [3.63, 3.8) is 0 Å². The molecule has 3 heteroatoms. The summed E-state index contributed by atoms with van der Waals surface area (Å²) in [6, 6.07) is 0.671. The van der Waals surface area contributed by atoms with Gasteiger partial charge in [0.2, 0.25) is 0 Å². The second-order valence-corrected chi connectivity index (χ2v) is 5.56. The molecule has 1 heterocycles. The summed E-state index contributed by atoms with van der Waals surface area (Å²) >= 11 is 0. The van der Waals surface area contributed by atoms with Crippen LogP contribution in [0.3, 0.4) is 0 Å². The van der Waals surface area contributed by atoms with Crippen LogP contribution in [-0.2, 0) is 4.79 Å². The van der Waals surface area contributed by atoms with Gasteiger partial charge in [-0.15, -0.1) is 0 Å². The molecule has 2 aliphatic rings. The molecule has 86 valence electrons. The highest BCUT2D eigenvalue weighted by atomic mass is 16.4. The van der Waals surface area contributed by atoms with Crippen LogP contribution in [0, 0.1) is 17.8 Å². The average molecular weight is 211 g/mol. The van der Waals surface area contributed by atoms with Crippen LogP contribution in [0.2, 0.25) is 0 Å². The van der Waals surface area contributed by atoms with E-state index in [1.807, 2.05) is 0 Å². The van der Waals surface area contributed by atoms with Crippen molar-refractivity contribution in [2.24, 2.45) is 17.8 Å². The van der Waals surface area contributed by atoms with Crippen molar-refractivity contribution in [3.05, 3.63) is 0 Å². The van der Waals surface area contributed by atoms with Gasteiger partial charge in [0.25, 0.3) is 0 Å². The molecule has 2 unspecified atom stereocenters. The Labute approximate surface area is 91.5 Å². The highest BCUT2D eigenvalue weighted by molar-refractivity contribution is 5.70. The van der Waals surface area contributed by atoms with E-state index in [1.54, 1.807) is 0 Å². The van der Waals surface area contributed by atoms with E-state index in [4.69, 9.17) is 5.11 Å². The predicted octanol–water partition coefficient (Wildman–Crippen LogP) is 1.83. The third kappa shape index (κ3) is 2.33. The van der Waals surface area contributed by atoms with Crippen molar-refractivity contribution in [1.82, 2.24) is 4.90 Å². The summed E-state index contributed by atoms with van der Waals surface area (Å²) in [5.41, 5.74) is 0. The lowest BCUT2D eigenvalue weighted by Crippen LogP contribution is -2.51. The van der Waals surface area contributed by atoms with E-state index >= 15 is 0 Å². The Kier molecular flexibility index (Phi) is 3.01. The van der Waals surface area contributed by atoms with Crippen molar-refractivity contribution in [1.29, 1.82) is 0 Å². The molecule has 1 aliphatic heterocycles. The quantitative estimate of drug-likeness (QED) is 0.757. The minimum Gasteiger partial charge on any atom is -0.481 e. The average Bonchev–Trinajstić information content (AvgIpc) is 2.12. The Bertz CT molecular complexity index is 248. The molecule has 3 nitrogen and oxygen atoms in total. The Morgan fingerprint density at radius 1 is 1.13 bits per heavy atom. The number of carboxylic acids is 1. The molecule has 2 atom stereocenters. The maximum atomic E-state index is 11.0. The fraction of sp³-hybridized carbons (Fsp3) is 0.917. The van der Waals surface area contributed by atoms with Crippen LogP contribution in [0.25, 0.3) is 0 Å². The van der Waals surface area contributed by atoms with Gasteiger partial charge in [0.1, 0.15) is 0 Å². The van der Waals surface area contributed by atoms with Crippen LogP contribution in [0.4, 0.5) is 0 Å². The van der Waals surface area contributed by atoms with E-state index in [1.165, 1.54) is 12.8 Å². The first-order valence-corrected chi connectivity index (χ1v) is 6.03. The number of hydrogen-bond donors (Lipinski definition) is 1. The molecule has 1 saturated carbocycles. The lowest BCUT2D eigenvalue weighted by Gasteiger charge is -2.46. The second-order valence-electron chi connectivity index (χ2n) is 5.56. The van der Waals surface area contributed by atoms with E-state index < -0.39 is 5.97 Å². The first-order chi connectivity index (χ1) is 7.06. The largest absolute Gasteiger partial charge is 0.481 e. The summed E-state index contributed by atoms with van der Waals surface area (Å²) in [4.78, 5) is 13.4. The summed E-state index contributed by atoms with van der Waals surface area (Å²) in [7, 11) is 0. The SMILES string of the molecule is CC1CC(N2CC(C)CC(C(=O)O)C2)C1. The van der Waals surface area contributed by atoms with Gasteiger partial charge in [-0.25, -0.2) is 0 Å². The summed E-state index contributed by atoms with van der Waals surface area (Å²) < 4.78 is 0. The Morgan fingerprint density at radius 3 is 2.33 bits per heavy atom. The molecular weight excluding hydrogens is 190 g/mol. The number of rotatable bonds is 2. The molecule has 0 bridgehead atoms. The summed E-state index contributed by atoms with van der Waals surface area (Å²) in [6.45, 7) is 6.32. The second kappa shape index (κ2) is 4.12. The van der Waals surface area contributed by atoms with Crippen LogP contribution in [0.1, 0.15) is 33.1 Å². The first kappa shape index (κ1) is 10.9. The third-order valence-corrected chi connectivity index (χ3v) is 3.90. The Balaban J connectivity index is 1.92. The summed E-state index contributed by atoms with van der Waals surface area (Å²) in [5.74, 6) is 0.634. The normalized spacial score (nSPS) is 42.3. The van der Waals surface area contributed by atoms with Gasteiger partial charge in [0.05, 0.1) is 5.92 Å². The Hall–Kier alpha value is -0.570. The lowest BCUT2D eigenvalue weighted by molar-refractivity contribution is -0.145. The zero-order chi connectivity index (χ0) is 11.0. The number of nitrogens with zero attached hydrogens (tertiary/aromatic N) is 1. The molecule has 1 saturated heterocycles. The van der Waals surface area contributed by atoms with Crippen LogP contribution in [0.5, 0.6) is 0 Å². The van der Waals surface area contributed by atoms with Crippen LogP contribution < -0.4 is 0 Å². The van der Waals surface area contributed by atoms with E-state index in [-0.39, 0.29) is 5.92 Å². The topological polar surface area (TPSA) is 40.5 Å². The highest BCUT2D eigenvalue weighted by Crippen LogP contribution is 2.34. The standard InChI is InChI=1S/C12H21NO2/c1-8-4-11(5-8)13-6-9(2)3-10(7-13)12(14)15/h8-11H,3-7H2,1-2H3,(H,14,15). The van der Waals surface area contributed by atoms with E-state index in [9.17, 15) is 4.79 Å². The fourth-order valence-corrected chi connectivity index (χ4v) is 3.03. The van der Waals surface area contributed by atoms with Crippen LogP contribution in [-0.4, -0.2) is 35.1 Å². The molecule has 1 N–H and O–H groups in total. The van der Waals surface area contributed by atoms with Gasteiger partial charge in [-0.05, 0) is 31.1 Å². The number of aliphatic carboxylic acids is 1. The lowest BCUT2D eigenvalue weighted by atomic mass is 9.78. The minimum absolute atomic E-state index is 0.135. The van der Waals surface area contributed by atoms with Crippen molar-refractivity contribution in [3.8, 4) is 0 Å². The van der Waals surface area contributed by atoms with E-state index in [2.05, 4.69) is 18.7 Å². The number of likely N-dealkylation sites (tertiary alicyclic amines) is 1. The van der Waals surface area contributed by atoms with Gasteiger partial charge >= 0.3 is 5.97 Å². The molecular formula is C12H21NO2. The monoisotopic (exact) mass is 211 g/mol. The summed E-state index contributed by atoms with van der Waals surface area (Å²) in [5, 5.41) is 9.07. The van der Waals surface area contributed by atoms with Crippen LogP contribution in [0.15, 0.2) is 0 Å². The third-order valence-electron chi connectivity index (χ3n) is 3.90. The molecule has 0 aromatic carbocycles. The van der Waals surface area contributed by atoms with Crippen molar-refractivity contribution in [2.45, 2.75) is 39.2 Å². The number of carboxylic acid groups (broad SMARTS) is 1. The zero-order valence-corrected chi connectivity index (χ0v) is 9.65. The molecule has 15 heavy (non-hydrogen) atoms. The first-order valence-electron chi connectivity index (χ1n) is 6.03. The number of carbonyl (C=O) groups is 1. The summed E-state index contributed by atoms with van der Waals surface area (Å²) in [6.07, 6.45) is 3.38. The maximum Gasteiger partial charge on any atom is 0.307 e. The zero-order valence-electron chi connectivity index (χ0n) is 9.65. The van der Waals surface area contributed by atoms with Gasteiger partial charge in [0, 0.05) is 19.1 Å². The van der Waals surface area contributed by atoms with Gasteiger partial charge < -0.3 is 5.11 Å². The number of hydrogen-bond acceptors (Lipinski definition) is 2. The maximum absolute atomic E-state index is 11.0. The smallest absolute Gasteiger partial charge is 0.307 e. The highest BCUT2D eigenvalue weighted by Gasteiger charge is 2.37. The van der Waals surface area contributed by atoms with Gasteiger partial charge in [-0.3, -0.25) is 9.69 Å². The molecule has 2 fully saturated rings. The molecule has 0 aromatic heterocycles. The molecule has 0 spiro atoms. The molecule has 0 radical (unpaired) electrons. The van der Waals surface area contributed by atoms with Crippen molar-refractivity contribution < 1.29 is 9.90 Å². The van der Waals surface area contributed by atoms with Crippen LogP contribution >= 0.6 is 0 Å².